The molecule has 1 saturated heterocycles. The minimum Gasteiger partial charge on any atom is -0.404 e. The van der Waals surface area contributed by atoms with Gasteiger partial charge in [0.1, 0.15) is 10.7 Å². The number of hydrogen-bond donors (Lipinski definition) is 1. The van der Waals surface area contributed by atoms with Crippen LogP contribution in [0.4, 0.5) is 5.88 Å². The molecule has 0 spiro atoms. The lowest BCUT2D eigenvalue weighted by Gasteiger charge is -2.27. The highest BCUT2D eigenvalue weighted by Crippen LogP contribution is 2.31. The Kier molecular flexibility index (Phi) is 3.44. The summed E-state index contributed by atoms with van der Waals surface area (Å²) in [4.78, 5) is 12.2. The molecule has 2 N–H and O–H groups in total. The van der Waals surface area contributed by atoms with Crippen LogP contribution in [0.5, 0.6) is 0 Å². The SMILES string of the molecule is CN1CCCCC(N)C1c1ccc([N+](=O)[O-])o1. The normalized spacial score (nSPS) is 26.7. The van der Waals surface area contributed by atoms with Crippen LogP contribution < -0.4 is 5.73 Å². The van der Waals surface area contributed by atoms with Gasteiger partial charge in [-0.3, -0.25) is 15.0 Å². The summed E-state index contributed by atoms with van der Waals surface area (Å²) in [7, 11) is 1.98. The summed E-state index contributed by atoms with van der Waals surface area (Å²) >= 11 is 0. The van der Waals surface area contributed by atoms with Gasteiger partial charge in [-0.05, 0) is 32.5 Å². The van der Waals surface area contributed by atoms with Crippen LogP contribution in [0.3, 0.4) is 0 Å². The van der Waals surface area contributed by atoms with E-state index in [4.69, 9.17) is 10.2 Å². The second kappa shape index (κ2) is 4.85. The van der Waals surface area contributed by atoms with Gasteiger partial charge in [-0.15, -0.1) is 0 Å². The summed E-state index contributed by atoms with van der Waals surface area (Å²) in [6.45, 7) is 0.937. The molecule has 2 unspecified atom stereocenters. The summed E-state index contributed by atoms with van der Waals surface area (Å²) < 4.78 is 5.26. The number of furan rings is 1. The largest absolute Gasteiger partial charge is 0.433 e. The van der Waals surface area contributed by atoms with Crippen LogP contribution in [0.2, 0.25) is 0 Å². The van der Waals surface area contributed by atoms with Crippen LogP contribution in [0.15, 0.2) is 16.5 Å². The Balaban J connectivity index is 2.25. The third-order valence-corrected chi connectivity index (χ3v) is 3.26. The van der Waals surface area contributed by atoms with Gasteiger partial charge in [-0.2, -0.15) is 0 Å². The molecule has 2 atom stereocenters. The minimum absolute atomic E-state index is 0.0340. The Morgan fingerprint density at radius 3 is 2.94 bits per heavy atom. The Bertz CT molecular complexity index is 392. The van der Waals surface area contributed by atoms with Crippen LogP contribution in [0, 0.1) is 10.1 Å². The van der Waals surface area contributed by atoms with E-state index in [-0.39, 0.29) is 18.0 Å². The van der Waals surface area contributed by atoms with Gasteiger partial charge in [0.25, 0.3) is 0 Å². The van der Waals surface area contributed by atoms with E-state index >= 15 is 0 Å². The lowest BCUT2D eigenvalue weighted by Crippen LogP contribution is -2.37. The molecule has 0 aliphatic carbocycles. The Labute approximate surface area is 99.5 Å². The number of rotatable bonds is 2. The maximum absolute atomic E-state index is 10.6. The highest BCUT2D eigenvalue weighted by atomic mass is 16.6. The number of nitrogens with two attached hydrogens (primary N) is 1. The monoisotopic (exact) mass is 239 g/mol. The summed E-state index contributed by atoms with van der Waals surface area (Å²) in [5.41, 5.74) is 6.12. The van der Waals surface area contributed by atoms with E-state index in [0.29, 0.717) is 5.76 Å². The smallest absolute Gasteiger partial charge is 0.404 e. The highest BCUT2D eigenvalue weighted by Gasteiger charge is 2.30. The molecular weight excluding hydrogens is 222 g/mol. The summed E-state index contributed by atoms with van der Waals surface area (Å²) in [6.07, 6.45) is 3.11. The number of nitro groups is 1. The first-order valence-corrected chi connectivity index (χ1v) is 5.79. The minimum atomic E-state index is -0.522. The van der Waals surface area contributed by atoms with E-state index < -0.39 is 4.92 Å². The molecule has 1 aliphatic heterocycles. The molecule has 0 saturated carbocycles. The molecule has 6 heteroatoms. The van der Waals surface area contributed by atoms with Gasteiger partial charge in [0.05, 0.1) is 12.1 Å². The van der Waals surface area contributed by atoms with Gasteiger partial charge in [0.15, 0.2) is 0 Å². The third kappa shape index (κ3) is 2.48. The molecule has 0 radical (unpaired) electrons. The number of likely N-dealkylation sites (N-methyl/N-ethyl adjacent to an activating group) is 1. The fraction of sp³-hybridized carbons (Fsp3) is 0.636. The summed E-state index contributed by atoms with van der Waals surface area (Å²) in [5.74, 6) is 0.374. The molecule has 0 bridgehead atoms. The van der Waals surface area contributed by atoms with E-state index in [1.807, 2.05) is 7.05 Å². The second-order valence-corrected chi connectivity index (χ2v) is 4.52. The van der Waals surface area contributed by atoms with Crippen molar-refractivity contribution in [2.45, 2.75) is 31.3 Å². The third-order valence-electron chi connectivity index (χ3n) is 3.26. The van der Waals surface area contributed by atoms with Gasteiger partial charge in [-0.1, -0.05) is 6.42 Å². The number of nitrogens with zero attached hydrogens (tertiary/aromatic N) is 2. The van der Waals surface area contributed by atoms with Gasteiger partial charge in [0.2, 0.25) is 0 Å². The van der Waals surface area contributed by atoms with E-state index in [2.05, 4.69) is 4.90 Å². The first-order valence-electron chi connectivity index (χ1n) is 5.79. The molecule has 0 amide bonds. The van der Waals surface area contributed by atoms with Crippen molar-refractivity contribution in [3.05, 3.63) is 28.0 Å². The molecule has 17 heavy (non-hydrogen) atoms. The highest BCUT2D eigenvalue weighted by molar-refractivity contribution is 5.21. The maximum atomic E-state index is 10.6. The molecule has 1 fully saturated rings. The van der Waals surface area contributed by atoms with Crippen molar-refractivity contribution in [1.82, 2.24) is 4.90 Å². The van der Waals surface area contributed by atoms with Crippen LogP contribution in [0.25, 0.3) is 0 Å². The maximum Gasteiger partial charge on any atom is 0.433 e. The first kappa shape index (κ1) is 12.1. The molecule has 2 heterocycles. The zero-order chi connectivity index (χ0) is 12.4. The average Bonchev–Trinajstić information content (AvgIpc) is 2.68. The Morgan fingerprint density at radius 1 is 1.53 bits per heavy atom. The van der Waals surface area contributed by atoms with Crippen LogP contribution in [-0.4, -0.2) is 29.5 Å². The molecule has 2 rings (SSSR count). The average molecular weight is 239 g/mol. The van der Waals surface area contributed by atoms with Crippen molar-refractivity contribution in [2.24, 2.45) is 5.73 Å². The van der Waals surface area contributed by atoms with Gasteiger partial charge < -0.3 is 10.2 Å². The summed E-state index contributed by atoms with van der Waals surface area (Å²) in [6, 6.07) is 2.95. The Morgan fingerprint density at radius 2 is 2.29 bits per heavy atom. The van der Waals surface area contributed by atoms with E-state index in [1.165, 1.54) is 6.07 Å². The van der Waals surface area contributed by atoms with Crippen molar-refractivity contribution in [3.63, 3.8) is 0 Å². The van der Waals surface area contributed by atoms with E-state index in [1.54, 1.807) is 6.07 Å². The Hall–Kier alpha value is -1.40. The molecule has 0 aromatic carbocycles. The molecule has 1 aromatic heterocycles. The van der Waals surface area contributed by atoms with Crippen molar-refractivity contribution >= 4 is 5.88 Å². The lowest BCUT2D eigenvalue weighted by atomic mass is 10.0. The van der Waals surface area contributed by atoms with Crippen LogP contribution in [0.1, 0.15) is 31.1 Å². The second-order valence-electron chi connectivity index (χ2n) is 4.52. The predicted molar refractivity (Wildman–Crippen MR) is 62.6 cm³/mol. The first-order chi connectivity index (χ1) is 8.09. The van der Waals surface area contributed by atoms with Gasteiger partial charge in [-0.25, -0.2) is 0 Å². The topological polar surface area (TPSA) is 85.5 Å². The zero-order valence-electron chi connectivity index (χ0n) is 9.83. The number of likely N-dealkylation sites (tertiary alicyclic amines) is 1. The molecule has 94 valence electrons. The fourth-order valence-electron chi connectivity index (χ4n) is 2.39. The molecular formula is C11H17N3O3. The van der Waals surface area contributed by atoms with Crippen molar-refractivity contribution in [1.29, 1.82) is 0 Å². The van der Waals surface area contributed by atoms with E-state index in [0.717, 1.165) is 25.8 Å². The zero-order valence-corrected chi connectivity index (χ0v) is 9.83. The van der Waals surface area contributed by atoms with Crippen LogP contribution >= 0.6 is 0 Å². The quantitative estimate of drug-likeness (QED) is 0.626. The van der Waals surface area contributed by atoms with Crippen molar-refractivity contribution < 1.29 is 9.34 Å². The predicted octanol–water partition coefficient (Wildman–Crippen LogP) is 1.67. The summed E-state index contributed by atoms with van der Waals surface area (Å²) in [5, 5.41) is 10.6. The van der Waals surface area contributed by atoms with Gasteiger partial charge in [0, 0.05) is 6.04 Å². The lowest BCUT2D eigenvalue weighted by molar-refractivity contribution is -0.402. The molecule has 6 nitrogen and oxygen atoms in total. The van der Waals surface area contributed by atoms with Gasteiger partial charge >= 0.3 is 5.88 Å². The van der Waals surface area contributed by atoms with Crippen LogP contribution in [-0.2, 0) is 0 Å². The molecule has 1 aliphatic rings. The molecule has 1 aromatic rings. The standard InChI is InChI=1S/C11H17N3O3/c1-13-7-3-2-4-8(12)11(13)9-5-6-10(17-9)14(15)16/h5-6,8,11H,2-4,7,12H2,1H3. The van der Waals surface area contributed by atoms with Crippen molar-refractivity contribution in [3.8, 4) is 0 Å². The fourth-order valence-corrected chi connectivity index (χ4v) is 2.39. The number of hydrogen-bond acceptors (Lipinski definition) is 5. The van der Waals surface area contributed by atoms with E-state index in [9.17, 15) is 10.1 Å². The van der Waals surface area contributed by atoms with Crippen molar-refractivity contribution in [2.75, 3.05) is 13.6 Å².